The van der Waals surface area contributed by atoms with Crippen molar-refractivity contribution in [3.05, 3.63) is 108 Å². The second-order valence-electron chi connectivity index (χ2n) is 7.02. The van der Waals surface area contributed by atoms with Gasteiger partial charge in [-0.25, -0.2) is 4.39 Å². The lowest BCUT2D eigenvalue weighted by atomic mass is 9.84. The van der Waals surface area contributed by atoms with E-state index in [1.807, 2.05) is 54.6 Å². The molecule has 0 aliphatic rings. The molecule has 31 heavy (non-hydrogen) atoms. The number of thioether (sulfide) groups is 1. The quantitative estimate of drug-likeness (QED) is 0.389. The minimum Gasteiger partial charge on any atom is -0.344 e. The van der Waals surface area contributed by atoms with E-state index in [1.54, 1.807) is 0 Å². The van der Waals surface area contributed by atoms with Crippen molar-refractivity contribution in [3.8, 4) is 0 Å². The van der Waals surface area contributed by atoms with E-state index < -0.39 is 23.5 Å². The third-order valence-corrected chi connectivity index (χ3v) is 6.58. The predicted octanol–water partition coefficient (Wildman–Crippen LogP) is 4.26. The molecule has 0 fully saturated rings. The summed E-state index contributed by atoms with van der Waals surface area (Å²) < 4.78 is 12.1. The van der Waals surface area contributed by atoms with Crippen LogP contribution in [0.15, 0.2) is 91.0 Å². The molecule has 0 aliphatic carbocycles. The Hall–Kier alpha value is -3.12. The number of alkyl halides is 1. The van der Waals surface area contributed by atoms with Gasteiger partial charge in [0, 0.05) is 12.7 Å². The number of nitrogens with one attached hydrogen (secondary N) is 2. The largest absolute Gasteiger partial charge is 0.344 e. The van der Waals surface area contributed by atoms with Crippen LogP contribution in [0.3, 0.4) is 0 Å². The topological polar surface area (TPSA) is 58.2 Å². The van der Waals surface area contributed by atoms with Crippen LogP contribution in [0.25, 0.3) is 0 Å². The first kappa shape index (κ1) is 22.6. The average molecular weight is 437 g/mol. The fourth-order valence-electron chi connectivity index (χ4n) is 3.59. The number of amides is 2. The summed E-state index contributed by atoms with van der Waals surface area (Å²) in [7, 11) is 0. The summed E-state index contributed by atoms with van der Waals surface area (Å²) >= 11 is 1.53. The molecular weight excluding hydrogens is 411 g/mol. The molecule has 1 atom stereocenters. The van der Waals surface area contributed by atoms with Gasteiger partial charge < -0.3 is 10.6 Å². The molecular formula is C25H25FN2O2S. The molecule has 0 heterocycles. The molecule has 0 saturated carbocycles. The summed E-state index contributed by atoms with van der Waals surface area (Å²) in [5, 5.41) is 4.83. The van der Waals surface area contributed by atoms with Gasteiger partial charge in [0.1, 0.15) is 6.04 Å². The SMILES string of the molecule is CC(=O)NC(CSC(c1ccccc1)(c1ccccc1)c1ccccc1)C(=O)NCF. The van der Waals surface area contributed by atoms with Gasteiger partial charge in [-0.15, -0.1) is 11.8 Å². The zero-order valence-electron chi connectivity index (χ0n) is 17.3. The van der Waals surface area contributed by atoms with E-state index in [0.717, 1.165) is 16.7 Å². The minimum absolute atomic E-state index is 0.254. The summed E-state index contributed by atoms with van der Waals surface area (Å²) in [6.45, 7) is 0.361. The number of hydrogen-bond acceptors (Lipinski definition) is 3. The Kier molecular flexibility index (Phi) is 7.84. The third-order valence-electron chi connectivity index (χ3n) is 4.94. The molecule has 3 aromatic rings. The molecule has 3 rings (SSSR count). The van der Waals surface area contributed by atoms with Crippen molar-refractivity contribution in [1.29, 1.82) is 0 Å². The second kappa shape index (κ2) is 10.8. The van der Waals surface area contributed by atoms with Crippen LogP contribution < -0.4 is 10.6 Å². The van der Waals surface area contributed by atoms with Gasteiger partial charge in [-0.3, -0.25) is 9.59 Å². The van der Waals surface area contributed by atoms with Gasteiger partial charge in [0.25, 0.3) is 0 Å². The van der Waals surface area contributed by atoms with Crippen molar-refractivity contribution >= 4 is 23.6 Å². The molecule has 6 heteroatoms. The van der Waals surface area contributed by atoms with Gasteiger partial charge >= 0.3 is 0 Å². The summed E-state index contributed by atoms with van der Waals surface area (Å²) in [5.74, 6) is -0.637. The molecule has 1 unspecified atom stereocenters. The lowest BCUT2D eigenvalue weighted by Crippen LogP contribution is -2.48. The molecule has 4 nitrogen and oxygen atoms in total. The number of halogens is 1. The van der Waals surface area contributed by atoms with Crippen molar-refractivity contribution in [1.82, 2.24) is 10.6 Å². The third kappa shape index (κ3) is 5.33. The standard InChI is InChI=1S/C25H25FN2O2S/c1-19(29)28-23(24(30)27-18-26)17-31-25(20-11-5-2-6-12-20,21-13-7-3-8-14-21)22-15-9-4-10-16-22/h2-16,23H,17-18H2,1H3,(H,27,30)(H,28,29). The maximum Gasteiger partial charge on any atom is 0.245 e. The molecule has 0 aromatic heterocycles. The van der Waals surface area contributed by atoms with Gasteiger partial charge in [0.2, 0.25) is 11.8 Å². The van der Waals surface area contributed by atoms with E-state index in [9.17, 15) is 14.0 Å². The Labute approximate surface area is 186 Å². The van der Waals surface area contributed by atoms with E-state index in [-0.39, 0.29) is 11.7 Å². The predicted molar refractivity (Wildman–Crippen MR) is 123 cm³/mol. The first-order valence-electron chi connectivity index (χ1n) is 9.99. The van der Waals surface area contributed by atoms with Gasteiger partial charge in [0.15, 0.2) is 6.80 Å². The highest BCUT2D eigenvalue weighted by Crippen LogP contribution is 2.48. The summed E-state index contributed by atoms with van der Waals surface area (Å²) in [6.07, 6.45) is 0. The first-order chi connectivity index (χ1) is 15.1. The lowest BCUT2D eigenvalue weighted by molar-refractivity contribution is -0.127. The van der Waals surface area contributed by atoms with E-state index in [0.29, 0.717) is 0 Å². The molecule has 0 saturated heterocycles. The van der Waals surface area contributed by atoms with E-state index in [4.69, 9.17) is 0 Å². The molecule has 0 aliphatic heterocycles. The molecule has 2 N–H and O–H groups in total. The number of benzene rings is 3. The molecule has 160 valence electrons. The van der Waals surface area contributed by atoms with Crippen LogP contribution >= 0.6 is 11.8 Å². The van der Waals surface area contributed by atoms with Gasteiger partial charge in [-0.05, 0) is 16.7 Å². The molecule has 0 radical (unpaired) electrons. The Morgan fingerprint density at radius 2 is 1.26 bits per heavy atom. The van der Waals surface area contributed by atoms with Crippen LogP contribution in [-0.4, -0.2) is 30.4 Å². The maximum absolute atomic E-state index is 12.8. The Balaban J connectivity index is 2.11. The number of hydrogen-bond donors (Lipinski definition) is 2. The molecule has 0 bridgehead atoms. The molecule has 2 amide bonds. The van der Waals surface area contributed by atoms with Crippen molar-refractivity contribution in [2.75, 3.05) is 12.6 Å². The average Bonchev–Trinajstić information content (AvgIpc) is 2.81. The Morgan fingerprint density at radius 3 is 1.61 bits per heavy atom. The first-order valence-corrected chi connectivity index (χ1v) is 11.0. The van der Waals surface area contributed by atoms with Crippen LogP contribution in [0, 0.1) is 0 Å². The molecule has 0 spiro atoms. The molecule has 3 aromatic carbocycles. The van der Waals surface area contributed by atoms with Gasteiger partial charge in [0.05, 0.1) is 4.75 Å². The van der Waals surface area contributed by atoms with Crippen molar-refractivity contribution in [2.45, 2.75) is 17.7 Å². The lowest BCUT2D eigenvalue weighted by Gasteiger charge is -2.36. The normalized spacial score (nSPS) is 12.1. The highest BCUT2D eigenvalue weighted by atomic mass is 32.2. The zero-order valence-corrected chi connectivity index (χ0v) is 18.1. The van der Waals surface area contributed by atoms with Crippen molar-refractivity contribution in [3.63, 3.8) is 0 Å². The van der Waals surface area contributed by atoms with Crippen LogP contribution in [0.4, 0.5) is 4.39 Å². The Bertz CT molecular complexity index is 888. The summed E-state index contributed by atoms with van der Waals surface area (Å²) in [6, 6.07) is 29.3. The fourth-order valence-corrected chi connectivity index (χ4v) is 5.15. The van der Waals surface area contributed by atoms with Crippen LogP contribution in [0.1, 0.15) is 23.6 Å². The minimum atomic E-state index is -0.985. The second-order valence-corrected chi connectivity index (χ2v) is 8.25. The van der Waals surface area contributed by atoms with Crippen molar-refractivity contribution in [2.24, 2.45) is 0 Å². The highest BCUT2D eigenvalue weighted by molar-refractivity contribution is 8.00. The van der Waals surface area contributed by atoms with E-state index in [2.05, 4.69) is 47.0 Å². The van der Waals surface area contributed by atoms with Gasteiger partial charge in [-0.1, -0.05) is 91.0 Å². The maximum atomic E-state index is 12.8. The number of carbonyl (C=O) groups is 2. The summed E-state index contributed by atoms with van der Waals surface area (Å²) in [4.78, 5) is 24.1. The van der Waals surface area contributed by atoms with E-state index >= 15 is 0 Å². The smallest absolute Gasteiger partial charge is 0.245 e. The zero-order chi connectivity index (χ0) is 22.1. The van der Waals surface area contributed by atoms with Crippen molar-refractivity contribution < 1.29 is 14.0 Å². The van der Waals surface area contributed by atoms with Crippen LogP contribution in [-0.2, 0) is 14.3 Å². The fraction of sp³-hybridized carbons (Fsp3) is 0.200. The Morgan fingerprint density at radius 1 is 0.839 bits per heavy atom. The monoisotopic (exact) mass is 436 g/mol. The highest BCUT2D eigenvalue weighted by Gasteiger charge is 2.38. The number of rotatable bonds is 9. The van der Waals surface area contributed by atoms with Crippen LogP contribution in [0.2, 0.25) is 0 Å². The number of carbonyl (C=O) groups excluding carboxylic acids is 2. The van der Waals surface area contributed by atoms with Crippen LogP contribution in [0.5, 0.6) is 0 Å². The van der Waals surface area contributed by atoms with E-state index in [1.165, 1.54) is 18.7 Å². The summed E-state index contributed by atoms with van der Waals surface area (Å²) in [5.41, 5.74) is 3.14. The van der Waals surface area contributed by atoms with Gasteiger partial charge in [-0.2, -0.15) is 0 Å².